The first kappa shape index (κ1) is 15.4. The lowest BCUT2D eigenvalue weighted by Gasteiger charge is -2.14. The zero-order chi connectivity index (χ0) is 17.4. The molecule has 1 unspecified atom stereocenters. The second kappa shape index (κ2) is 5.77. The number of nitrogens with one attached hydrogen (secondary N) is 1. The molecule has 8 heteroatoms. The van der Waals surface area contributed by atoms with Crippen molar-refractivity contribution in [1.29, 1.82) is 0 Å². The summed E-state index contributed by atoms with van der Waals surface area (Å²) in [6, 6.07) is 6.23. The van der Waals surface area contributed by atoms with Crippen LogP contribution in [0.3, 0.4) is 0 Å². The highest BCUT2D eigenvalue weighted by atomic mass is 19.1. The summed E-state index contributed by atoms with van der Waals surface area (Å²) < 4.78 is 24.4. The van der Waals surface area contributed by atoms with Crippen molar-refractivity contribution in [2.24, 2.45) is 0 Å². The summed E-state index contributed by atoms with van der Waals surface area (Å²) in [5.74, 6) is 0.0988. The molecule has 1 aromatic heterocycles. The highest BCUT2D eigenvalue weighted by molar-refractivity contribution is 5.89. The molecular weight excluding hydrogens is 327 g/mol. The van der Waals surface area contributed by atoms with E-state index in [1.165, 1.54) is 17.2 Å². The van der Waals surface area contributed by atoms with Gasteiger partial charge in [-0.1, -0.05) is 5.16 Å². The van der Waals surface area contributed by atoms with Gasteiger partial charge in [0.2, 0.25) is 0 Å². The second-order valence-electron chi connectivity index (χ2n) is 6.19. The molecule has 0 radical (unpaired) electrons. The molecule has 1 aromatic carbocycles. The molecule has 7 nitrogen and oxygen atoms in total. The van der Waals surface area contributed by atoms with Crippen LogP contribution in [0.4, 0.5) is 20.7 Å². The average molecular weight is 342 g/mol. The zero-order valence-electron chi connectivity index (χ0n) is 13.2. The van der Waals surface area contributed by atoms with Crippen molar-refractivity contribution in [2.75, 3.05) is 23.3 Å². The highest BCUT2D eigenvalue weighted by Crippen LogP contribution is 2.50. The number of cyclic esters (lactones) is 1. The molecule has 1 saturated heterocycles. The van der Waals surface area contributed by atoms with Gasteiger partial charge in [-0.05, 0) is 18.2 Å². The lowest BCUT2D eigenvalue weighted by Crippen LogP contribution is -2.27. The molecule has 2 heterocycles. The first-order valence-corrected chi connectivity index (χ1v) is 7.92. The summed E-state index contributed by atoms with van der Waals surface area (Å²) >= 11 is 0. The number of hydrogen-bond donors (Lipinski definition) is 1. The zero-order valence-corrected chi connectivity index (χ0v) is 13.2. The van der Waals surface area contributed by atoms with Crippen LogP contribution < -0.4 is 10.2 Å². The first-order valence-electron chi connectivity index (χ1n) is 7.92. The maximum atomic E-state index is 14.4. The number of carbonyl (C=O) groups excluding carboxylic acids is 1. The van der Waals surface area contributed by atoms with Crippen LogP contribution in [0.1, 0.15) is 18.4 Å². The van der Waals surface area contributed by atoms with Crippen LogP contribution in [-0.4, -0.2) is 30.4 Å². The third-order valence-corrected chi connectivity index (χ3v) is 4.53. The smallest absolute Gasteiger partial charge is 0.414 e. The fourth-order valence-corrected chi connectivity index (χ4v) is 2.97. The van der Waals surface area contributed by atoms with E-state index >= 15 is 0 Å². The summed E-state index contributed by atoms with van der Waals surface area (Å²) in [5, 5.41) is 6.72. The topological polar surface area (TPSA) is 72.0 Å². The van der Waals surface area contributed by atoms with Crippen LogP contribution in [0, 0.1) is 12.4 Å². The van der Waals surface area contributed by atoms with Crippen LogP contribution in [0.2, 0.25) is 0 Å². The Bertz CT molecular complexity index is 842. The predicted octanol–water partition coefficient (Wildman–Crippen LogP) is 3.16. The molecule has 1 N–H and O–H groups in total. The van der Waals surface area contributed by atoms with Gasteiger partial charge in [0.1, 0.15) is 18.2 Å². The summed E-state index contributed by atoms with van der Waals surface area (Å²) in [7, 11) is 0. The van der Waals surface area contributed by atoms with Crippen LogP contribution in [0.25, 0.3) is 4.85 Å². The molecule has 2 aliphatic rings. The lowest BCUT2D eigenvalue weighted by molar-refractivity contribution is 0.147. The highest BCUT2D eigenvalue weighted by Gasteiger charge is 2.54. The van der Waals surface area contributed by atoms with Gasteiger partial charge in [0, 0.05) is 18.9 Å². The molecule has 1 saturated carbocycles. The molecular formula is C17H15FN4O3. The van der Waals surface area contributed by atoms with Crippen LogP contribution in [0.5, 0.6) is 0 Å². The van der Waals surface area contributed by atoms with Crippen molar-refractivity contribution in [3.05, 3.63) is 53.3 Å². The number of aromatic nitrogens is 1. The first-order chi connectivity index (χ1) is 12.1. The van der Waals surface area contributed by atoms with E-state index in [2.05, 4.69) is 15.3 Å². The fourth-order valence-electron chi connectivity index (χ4n) is 2.97. The minimum Gasteiger partial charge on any atom is -0.442 e. The Hall–Kier alpha value is -3.08. The minimum absolute atomic E-state index is 0.302. The van der Waals surface area contributed by atoms with E-state index in [4.69, 9.17) is 15.8 Å². The SMILES string of the molecule is [C-]#[N+]C1(c2ccc(N3CC(CNc4ccon4)OC3=O)cc2F)CC1. The molecule has 1 aliphatic heterocycles. The second-order valence-corrected chi connectivity index (χ2v) is 6.19. The number of nitrogens with zero attached hydrogens (tertiary/aromatic N) is 3. The monoisotopic (exact) mass is 342 g/mol. The van der Waals surface area contributed by atoms with Gasteiger partial charge < -0.3 is 19.4 Å². The number of benzene rings is 1. The molecule has 25 heavy (non-hydrogen) atoms. The van der Waals surface area contributed by atoms with Crippen molar-refractivity contribution < 1.29 is 18.4 Å². The van der Waals surface area contributed by atoms with Gasteiger partial charge >= 0.3 is 6.09 Å². The van der Waals surface area contributed by atoms with Crippen molar-refractivity contribution in [1.82, 2.24) is 5.16 Å². The number of carbonyl (C=O) groups is 1. The Morgan fingerprint density at radius 1 is 1.44 bits per heavy atom. The molecule has 0 bridgehead atoms. The quantitative estimate of drug-likeness (QED) is 0.845. The summed E-state index contributed by atoms with van der Waals surface area (Å²) in [4.78, 5) is 17.0. The molecule has 2 fully saturated rings. The van der Waals surface area contributed by atoms with Gasteiger partial charge in [-0.3, -0.25) is 4.90 Å². The summed E-state index contributed by atoms with van der Waals surface area (Å²) in [6.07, 6.45) is 1.88. The van der Waals surface area contributed by atoms with E-state index in [1.807, 2.05) is 0 Å². The van der Waals surface area contributed by atoms with Crippen LogP contribution in [0.15, 0.2) is 35.1 Å². The Kier molecular flexibility index (Phi) is 3.57. The Balaban J connectivity index is 1.46. The van der Waals surface area contributed by atoms with Crippen molar-refractivity contribution >= 4 is 17.6 Å². The number of ether oxygens (including phenoxy) is 1. The Morgan fingerprint density at radius 3 is 2.92 bits per heavy atom. The standard InChI is InChI=1S/C17H15FN4O3/c1-19-17(5-6-17)13-3-2-11(8-14(13)18)22-10-12(25-16(22)23)9-20-15-4-7-24-21-15/h2-4,7-8,12H,5-6,9-10H2,(H,20,21). The molecule has 0 spiro atoms. The van der Waals surface area contributed by atoms with Gasteiger partial charge in [0.25, 0.3) is 5.54 Å². The van der Waals surface area contributed by atoms with Gasteiger partial charge in [-0.15, -0.1) is 0 Å². The van der Waals surface area contributed by atoms with Crippen molar-refractivity contribution in [2.45, 2.75) is 24.5 Å². The van der Waals surface area contributed by atoms with E-state index in [0.717, 1.165) is 0 Å². The van der Waals surface area contributed by atoms with E-state index in [-0.39, 0.29) is 6.10 Å². The van der Waals surface area contributed by atoms with E-state index in [9.17, 15) is 9.18 Å². The summed E-state index contributed by atoms with van der Waals surface area (Å²) in [6.45, 7) is 7.91. The largest absolute Gasteiger partial charge is 0.442 e. The third kappa shape index (κ3) is 2.78. The van der Waals surface area contributed by atoms with Gasteiger partial charge in [0.15, 0.2) is 5.82 Å². The molecule has 1 atom stereocenters. The van der Waals surface area contributed by atoms with Gasteiger partial charge in [-0.25, -0.2) is 15.8 Å². The van der Waals surface area contributed by atoms with Crippen LogP contribution >= 0.6 is 0 Å². The molecule has 128 valence electrons. The number of anilines is 2. The Labute approximate surface area is 143 Å². The molecule has 2 aromatic rings. The number of halogens is 1. The van der Waals surface area contributed by atoms with Crippen molar-refractivity contribution in [3.63, 3.8) is 0 Å². The van der Waals surface area contributed by atoms with E-state index in [0.29, 0.717) is 43.0 Å². The minimum atomic E-state index is -0.710. The van der Waals surface area contributed by atoms with E-state index in [1.54, 1.807) is 18.2 Å². The lowest BCUT2D eigenvalue weighted by atomic mass is 10.0. The maximum absolute atomic E-state index is 14.4. The average Bonchev–Trinajstić information content (AvgIpc) is 3.04. The number of rotatable bonds is 5. The Morgan fingerprint density at radius 2 is 2.28 bits per heavy atom. The molecule has 1 aliphatic carbocycles. The van der Waals surface area contributed by atoms with Gasteiger partial charge in [0.05, 0.1) is 24.3 Å². The molecule has 1 amide bonds. The number of amides is 1. The summed E-state index contributed by atoms with van der Waals surface area (Å²) in [5.41, 5.74) is 0.122. The van der Waals surface area contributed by atoms with E-state index < -0.39 is 17.4 Å². The van der Waals surface area contributed by atoms with Gasteiger partial charge in [-0.2, -0.15) is 0 Å². The molecule has 4 rings (SSSR count). The third-order valence-electron chi connectivity index (χ3n) is 4.53. The predicted molar refractivity (Wildman–Crippen MR) is 86.5 cm³/mol. The fraction of sp³-hybridized carbons (Fsp3) is 0.353. The normalized spacial score (nSPS) is 20.9. The maximum Gasteiger partial charge on any atom is 0.414 e. The van der Waals surface area contributed by atoms with Crippen LogP contribution in [-0.2, 0) is 10.3 Å². The number of hydrogen-bond acceptors (Lipinski definition) is 5. The van der Waals surface area contributed by atoms with Crippen molar-refractivity contribution in [3.8, 4) is 0 Å².